The zero-order valence-electron chi connectivity index (χ0n) is 9.97. The summed E-state index contributed by atoms with van der Waals surface area (Å²) in [6.45, 7) is 2.64. The standard InChI is InChI=1S/C13H14ClNO3/c1-2-5-17-10-6-9(7-15-8-10)13(16)11-3-4-12(14)18-11/h3-4,6-8,13,16H,2,5H2,1H3. The van der Waals surface area contributed by atoms with Gasteiger partial charge >= 0.3 is 0 Å². The van der Waals surface area contributed by atoms with E-state index in [2.05, 4.69) is 4.98 Å². The minimum atomic E-state index is -0.893. The summed E-state index contributed by atoms with van der Waals surface area (Å²) in [5, 5.41) is 10.4. The summed E-state index contributed by atoms with van der Waals surface area (Å²) in [4.78, 5) is 4.03. The van der Waals surface area contributed by atoms with Gasteiger partial charge in [0.15, 0.2) is 5.22 Å². The van der Waals surface area contributed by atoms with E-state index < -0.39 is 6.10 Å². The molecule has 0 saturated carbocycles. The van der Waals surface area contributed by atoms with Gasteiger partial charge in [0, 0.05) is 11.8 Å². The molecule has 2 heterocycles. The van der Waals surface area contributed by atoms with E-state index >= 15 is 0 Å². The lowest BCUT2D eigenvalue weighted by Gasteiger charge is -2.10. The van der Waals surface area contributed by atoms with Crippen LogP contribution >= 0.6 is 11.6 Å². The lowest BCUT2D eigenvalue weighted by atomic mass is 10.1. The number of rotatable bonds is 5. The molecule has 1 unspecified atom stereocenters. The smallest absolute Gasteiger partial charge is 0.193 e. The predicted molar refractivity (Wildman–Crippen MR) is 67.8 cm³/mol. The second-order valence-electron chi connectivity index (χ2n) is 3.85. The molecule has 2 rings (SSSR count). The zero-order valence-corrected chi connectivity index (χ0v) is 10.7. The molecule has 2 aromatic heterocycles. The molecule has 18 heavy (non-hydrogen) atoms. The number of aliphatic hydroxyl groups is 1. The van der Waals surface area contributed by atoms with Crippen molar-refractivity contribution in [2.45, 2.75) is 19.4 Å². The number of halogens is 1. The summed E-state index contributed by atoms with van der Waals surface area (Å²) in [7, 11) is 0. The van der Waals surface area contributed by atoms with Gasteiger partial charge in [-0.1, -0.05) is 6.92 Å². The molecule has 0 fully saturated rings. The Balaban J connectivity index is 2.17. The molecule has 1 N–H and O–H groups in total. The number of ether oxygens (including phenoxy) is 1. The third-order valence-corrected chi connectivity index (χ3v) is 2.59. The maximum absolute atomic E-state index is 10.1. The molecule has 0 aromatic carbocycles. The Labute approximate surface area is 110 Å². The van der Waals surface area contributed by atoms with Gasteiger partial charge in [0.1, 0.15) is 17.6 Å². The van der Waals surface area contributed by atoms with Crippen LogP contribution in [0.5, 0.6) is 5.75 Å². The van der Waals surface area contributed by atoms with E-state index in [1.165, 1.54) is 0 Å². The Morgan fingerprint density at radius 1 is 1.44 bits per heavy atom. The Bertz CT molecular complexity index is 512. The van der Waals surface area contributed by atoms with Crippen molar-refractivity contribution >= 4 is 11.6 Å². The van der Waals surface area contributed by atoms with Crippen molar-refractivity contribution in [1.29, 1.82) is 0 Å². The molecule has 2 aromatic rings. The molecule has 4 nitrogen and oxygen atoms in total. The normalized spacial score (nSPS) is 12.4. The summed E-state index contributed by atoms with van der Waals surface area (Å²) in [5.74, 6) is 1.01. The van der Waals surface area contributed by atoms with E-state index in [9.17, 15) is 5.11 Å². The van der Waals surface area contributed by atoms with Crippen LogP contribution in [-0.4, -0.2) is 16.7 Å². The SMILES string of the molecule is CCCOc1cncc(C(O)c2ccc(Cl)o2)c1. The molecular weight excluding hydrogens is 254 g/mol. The highest BCUT2D eigenvalue weighted by Gasteiger charge is 2.15. The number of hydrogen-bond acceptors (Lipinski definition) is 4. The van der Waals surface area contributed by atoms with Crippen molar-refractivity contribution in [3.8, 4) is 5.75 Å². The predicted octanol–water partition coefficient (Wildman–Crippen LogP) is 3.20. The molecule has 5 heteroatoms. The third-order valence-electron chi connectivity index (χ3n) is 2.39. The Morgan fingerprint density at radius 2 is 2.28 bits per heavy atom. The Hall–Kier alpha value is -1.52. The summed E-state index contributed by atoms with van der Waals surface area (Å²) in [5.41, 5.74) is 0.606. The first-order chi connectivity index (χ1) is 8.70. The summed E-state index contributed by atoms with van der Waals surface area (Å²) in [6.07, 6.45) is 3.21. The van der Waals surface area contributed by atoms with Gasteiger partial charge < -0.3 is 14.3 Å². The van der Waals surface area contributed by atoms with Crippen molar-refractivity contribution in [3.05, 3.63) is 47.1 Å². The van der Waals surface area contributed by atoms with Crippen LogP contribution in [0.4, 0.5) is 0 Å². The van der Waals surface area contributed by atoms with Gasteiger partial charge in [-0.25, -0.2) is 0 Å². The molecule has 0 aliphatic rings. The van der Waals surface area contributed by atoms with Crippen LogP contribution < -0.4 is 4.74 Å². The maximum atomic E-state index is 10.1. The first-order valence-corrected chi connectivity index (χ1v) is 6.09. The van der Waals surface area contributed by atoms with Crippen LogP contribution in [0, 0.1) is 0 Å². The molecule has 0 aliphatic heterocycles. The van der Waals surface area contributed by atoms with Gasteiger partial charge in [0.05, 0.1) is 12.8 Å². The number of furan rings is 1. The van der Waals surface area contributed by atoms with E-state index in [0.29, 0.717) is 23.7 Å². The van der Waals surface area contributed by atoms with E-state index in [-0.39, 0.29) is 5.22 Å². The molecule has 96 valence electrons. The average molecular weight is 268 g/mol. The molecule has 0 radical (unpaired) electrons. The minimum Gasteiger partial charge on any atom is -0.492 e. The summed E-state index contributed by atoms with van der Waals surface area (Å²) < 4.78 is 10.6. The van der Waals surface area contributed by atoms with Crippen molar-refractivity contribution in [2.75, 3.05) is 6.61 Å². The fourth-order valence-corrected chi connectivity index (χ4v) is 1.68. The molecule has 1 atom stereocenters. The lowest BCUT2D eigenvalue weighted by molar-refractivity contribution is 0.188. The Kier molecular flexibility index (Phi) is 4.23. The number of nitrogens with zero attached hydrogens (tertiary/aromatic N) is 1. The quantitative estimate of drug-likeness (QED) is 0.904. The molecular formula is C13H14ClNO3. The largest absolute Gasteiger partial charge is 0.492 e. The average Bonchev–Trinajstić information content (AvgIpc) is 2.82. The second-order valence-corrected chi connectivity index (χ2v) is 4.22. The van der Waals surface area contributed by atoms with Crippen LogP contribution in [0.15, 0.2) is 35.0 Å². The molecule has 0 saturated heterocycles. The first-order valence-electron chi connectivity index (χ1n) is 5.71. The van der Waals surface area contributed by atoms with Crippen LogP contribution in [0.25, 0.3) is 0 Å². The Morgan fingerprint density at radius 3 is 2.94 bits per heavy atom. The highest BCUT2D eigenvalue weighted by Crippen LogP contribution is 2.27. The van der Waals surface area contributed by atoms with Crippen LogP contribution in [0.2, 0.25) is 5.22 Å². The van der Waals surface area contributed by atoms with Crippen LogP contribution in [0.3, 0.4) is 0 Å². The van der Waals surface area contributed by atoms with Crippen molar-refractivity contribution in [2.24, 2.45) is 0 Å². The van der Waals surface area contributed by atoms with E-state index in [1.807, 2.05) is 6.92 Å². The highest BCUT2D eigenvalue weighted by molar-refractivity contribution is 6.28. The number of pyridine rings is 1. The van der Waals surface area contributed by atoms with Crippen LogP contribution in [-0.2, 0) is 0 Å². The van der Waals surface area contributed by atoms with Gasteiger partial charge in [0.25, 0.3) is 0 Å². The van der Waals surface area contributed by atoms with Crippen LogP contribution in [0.1, 0.15) is 30.8 Å². The topological polar surface area (TPSA) is 55.5 Å². The highest BCUT2D eigenvalue weighted by atomic mass is 35.5. The van der Waals surface area contributed by atoms with Gasteiger partial charge in [-0.15, -0.1) is 0 Å². The van der Waals surface area contributed by atoms with E-state index in [4.69, 9.17) is 20.8 Å². The summed E-state index contributed by atoms with van der Waals surface area (Å²) in [6, 6.07) is 4.96. The van der Waals surface area contributed by atoms with Gasteiger partial charge in [0.2, 0.25) is 0 Å². The zero-order chi connectivity index (χ0) is 13.0. The van der Waals surface area contributed by atoms with E-state index in [0.717, 1.165) is 6.42 Å². The van der Waals surface area contributed by atoms with Gasteiger partial charge in [-0.05, 0) is 36.2 Å². The maximum Gasteiger partial charge on any atom is 0.193 e. The lowest BCUT2D eigenvalue weighted by Crippen LogP contribution is -2.01. The second kappa shape index (κ2) is 5.89. The fraction of sp³-hybridized carbons (Fsp3) is 0.308. The number of aliphatic hydroxyl groups excluding tert-OH is 1. The van der Waals surface area contributed by atoms with Crippen molar-refractivity contribution in [3.63, 3.8) is 0 Å². The number of aromatic nitrogens is 1. The van der Waals surface area contributed by atoms with E-state index in [1.54, 1.807) is 30.6 Å². The molecule has 0 spiro atoms. The minimum absolute atomic E-state index is 0.246. The van der Waals surface area contributed by atoms with Crippen molar-refractivity contribution in [1.82, 2.24) is 4.98 Å². The van der Waals surface area contributed by atoms with Gasteiger partial charge in [-0.2, -0.15) is 0 Å². The number of hydrogen-bond donors (Lipinski definition) is 1. The third kappa shape index (κ3) is 3.03. The monoisotopic (exact) mass is 267 g/mol. The molecule has 0 bridgehead atoms. The van der Waals surface area contributed by atoms with Gasteiger partial charge in [-0.3, -0.25) is 4.98 Å². The van der Waals surface area contributed by atoms with Crippen molar-refractivity contribution < 1.29 is 14.3 Å². The molecule has 0 aliphatic carbocycles. The molecule has 0 amide bonds. The summed E-state index contributed by atoms with van der Waals surface area (Å²) >= 11 is 5.67. The fourth-order valence-electron chi connectivity index (χ4n) is 1.52. The first kappa shape index (κ1) is 12.9.